The molecule has 4 rings (SSSR count). The van der Waals surface area contributed by atoms with Crippen LogP contribution in [0.3, 0.4) is 0 Å². The van der Waals surface area contributed by atoms with Crippen molar-refractivity contribution in [3.63, 3.8) is 0 Å². The van der Waals surface area contributed by atoms with Gasteiger partial charge in [-0.05, 0) is 55.0 Å². The number of rotatable bonds is 16. The Hall–Kier alpha value is -4.01. The number of aliphatic hydroxyl groups is 1. The van der Waals surface area contributed by atoms with Gasteiger partial charge in [-0.25, -0.2) is 4.98 Å². The van der Waals surface area contributed by atoms with Crippen molar-refractivity contribution in [2.45, 2.75) is 76.7 Å². The highest BCUT2D eigenvalue weighted by Gasteiger charge is 2.33. The Balaban J connectivity index is 1.49. The van der Waals surface area contributed by atoms with Crippen LogP contribution in [0.25, 0.3) is 10.8 Å². The van der Waals surface area contributed by atoms with Crippen LogP contribution in [0.4, 0.5) is 0 Å². The summed E-state index contributed by atoms with van der Waals surface area (Å²) in [6, 6.07) is 22.1. The number of amides is 1. The van der Waals surface area contributed by atoms with Gasteiger partial charge in [0, 0.05) is 29.7 Å². The van der Waals surface area contributed by atoms with Crippen LogP contribution in [0.15, 0.2) is 85.3 Å². The van der Waals surface area contributed by atoms with Crippen LogP contribution in [0.5, 0.6) is 5.75 Å². The number of H-pyrrole nitrogens is 1. The molecule has 0 aliphatic heterocycles. The number of Topliss-reactive ketones (excluding diaryl/α,β-unsaturated/α-hetero) is 1. The highest BCUT2D eigenvalue weighted by atomic mass is 16.5. The molecule has 4 aromatic rings. The fourth-order valence-corrected chi connectivity index (χ4v) is 5.16. The van der Waals surface area contributed by atoms with Crippen molar-refractivity contribution in [1.82, 2.24) is 15.3 Å². The molecule has 8 heteroatoms. The second-order valence-electron chi connectivity index (χ2n) is 11.3. The van der Waals surface area contributed by atoms with Gasteiger partial charge in [-0.1, -0.05) is 80.6 Å². The minimum absolute atomic E-state index is 0.0959. The molecule has 0 saturated carbocycles. The van der Waals surface area contributed by atoms with Crippen LogP contribution in [0.2, 0.25) is 0 Å². The summed E-state index contributed by atoms with van der Waals surface area (Å²) in [6.07, 6.45) is 4.53. The number of nitrogens with zero attached hydrogens (tertiary/aromatic N) is 1. The second kappa shape index (κ2) is 15.3. The number of benzene rings is 3. The summed E-state index contributed by atoms with van der Waals surface area (Å²) in [5, 5.41) is 15.7. The number of ketones is 1. The first-order valence-electron chi connectivity index (χ1n) is 14.7. The third-order valence-electron chi connectivity index (χ3n) is 7.41. The molecule has 8 nitrogen and oxygen atoms in total. The number of hydrogen-bond acceptors (Lipinski definition) is 6. The van der Waals surface area contributed by atoms with Crippen molar-refractivity contribution in [2.24, 2.45) is 11.7 Å². The Morgan fingerprint density at radius 2 is 1.74 bits per heavy atom. The number of aromatic nitrogens is 2. The monoisotopic (exact) mass is 570 g/mol. The van der Waals surface area contributed by atoms with Crippen LogP contribution in [-0.4, -0.2) is 51.1 Å². The van der Waals surface area contributed by atoms with E-state index in [-0.39, 0.29) is 18.2 Å². The Morgan fingerprint density at radius 3 is 2.48 bits per heavy atom. The average Bonchev–Trinajstić information content (AvgIpc) is 3.51. The molecule has 4 atom stereocenters. The maximum atomic E-state index is 13.8. The average molecular weight is 571 g/mol. The van der Waals surface area contributed by atoms with Gasteiger partial charge >= 0.3 is 0 Å². The first-order chi connectivity index (χ1) is 20.3. The summed E-state index contributed by atoms with van der Waals surface area (Å²) < 4.78 is 6.38. The molecule has 0 saturated heterocycles. The first kappa shape index (κ1) is 30.9. The summed E-state index contributed by atoms with van der Waals surface area (Å²) in [7, 11) is 0. The van der Waals surface area contributed by atoms with E-state index < -0.39 is 30.1 Å². The van der Waals surface area contributed by atoms with E-state index in [1.54, 1.807) is 6.20 Å². The van der Waals surface area contributed by atoms with E-state index in [4.69, 9.17) is 10.5 Å². The van der Waals surface area contributed by atoms with Gasteiger partial charge in [-0.3, -0.25) is 9.59 Å². The molecule has 0 spiro atoms. The van der Waals surface area contributed by atoms with Gasteiger partial charge < -0.3 is 25.9 Å². The minimum atomic E-state index is -1.44. The third kappa shape index (κ3) is 8.74. The number of carbonyl (C=O) groups excluding carboxylic acids is 2. The van der Waals surface area contributed by atoms with Gasteiger partial charge in [0.25, 0.3) is 5.91 Å². The summed E-state index contributed by atoms with van der Waals surface area (Å²) in [4.78, 5) is 34.1. The molecule has 0 aliphatic rings. The molecule has 1 aromatic heterocycles. The van der Waals surface area contributed by atoms with Crippen molar-refractivity contribution in [3.8, 4) is 5.75 Å². The SMILES string of the molecule is CC(C)C[C@H](NC(=O)C(CCCCc1ccccc1)Oc1cccc2ccccc12)C(=O)C(O)[C@@H](N)Cc1cnc[nH]1. The van der Waals surface area contributed by atoms with E-state index in [0.717, 1.165) is 35.7 Å². The van der Waals surface area contributed by atoms with Crippen LogP contribution in [0, 0.1) is 5.92 Å². The molecule has 2 unspecified atom stereocenters. The Labute approximate surface area is 247 Å². The molecule has 42 heavy (non-hydrogen) atoms. The lowest BCUT2D eigenvalue weighted by molar-refractivity contribution is -0.136. The molecule has 1 amide bonds. The van der Waals surface area contributed by atoms with Crippen LogP contribution >= 0.6 is 0 Å². The number of unbranched alkanes of at least 4 members (excludes halogenated alkanes) is 1. The molecule has 1 heterocycles. The molecule has 3 aromatic carbocycles. The Kier molecular flexibility index (Phi) is 11.3. The van der Waals surface area contributed by atoms with E-state index in [2.05, 4.69) is 27.4 Å². The number of fused-ring (bicyclic) bond motifs is 1. The van der Waals surface area contributed by atoms with Crippen LogP contribution < -0.4 is 15.8 Å². The summed E-state index contributed by atoms with van der Waals surface area (Å²) in [6.45, 7) is 3.94. The predicted molar refractivity (Wildman–Crippen MR) is 165 cm³/mol. The van der Waals surface area contributed by atoms with Crippen molar-refractivity contribution >= 4 is 22.5 Å². The van der Waals surface area contributed by atoms with Gasteiger partial charge in [-0.2, -0.15) is 0 Å². The summed E-state index contributed by atoms with van der Waals surface area (Å²) >= 11 is 0. The number of carbonyl (C=O) groups is 2. The van der Waals surface area contributed by atoms with Crippen molar-refractivity contribution in [1.29, 1.82) is 0 Å². The molecule has 0 aliphatic carbocycles. The number of nitrogens with one attached hydrogen (secondary N) is 2. The van der Waals surface area contributed by atoms with Crippen molar-refractivity contribution < 1.29 is 19.4 Å². The topological polar surface area (TPSA) is 130 Å². The summed E-state index contributed by atoms with van der Waals surface area (Å²) in [5.41, 5.74) is 8.16. The van der Waals surface area contributed by atoms with Crippen LogP contribution in [-0.2, 0) is 22.4 Å². The number of hydrogen-bond donors (Lipinski definition) is 4. The van der Waals surface area contributed by atoms with Crippen LogP contribution in [0.1, 0.15) is 50.8 Å². The fourth-order valence-electron chi connectivity index (χ4n) is 5.16. The number of aromatic amines is 1. The molecular weight excluding hydrogens is 528 g/mol. The Bertz CT molecular complexity index is 1400. The van der Waals surface area contributed by atoms with Gasteiger partial charge in [0.05, 0.1) is 12.4 Å². The predicted octanol–water partition coefficient (Wildman–Crippen LogP) is 4.75. The highest BCUT2D eigenvalue weighted by Crippen LogP contribution is 2.27. The largest absolute Gasteiger partial charge is 0.480 e. The second-order valence-corrected chi connectivity index (χ2v) is 11.3. The quantitative estimate of drug-likeness (QED) is 0.144. The molecule has 5 N–H and O–H groups in total. The smallest absolute Gasteiger partial charge is 0.261 e. The number of aryl methyl sites for hydroxylation is 1. The maximum Gasteiger partial charge on any atom is 0.261 e. The lowest BCUT2D eigenvalue weighted by Crippen LogP contribution is -2.54. The molecule has 0 bridgehead atoms. The lowest BCUT2D eigenvalue weighted by atomic mass is 9.92. The molecule has 0 radical (unpaired) electrons. The molecule has 0 fully saturated rings. The van der Waals surface area contributed by atoms with Crippen molar-refractivity contribution in [3.05, 3.63) is 96.6 Å². The van der Waals surface area contributed by atoms with E-state index in [9.17, 15) is 14.7 Å². The molecule has 222 valence electrons. The van der Waals surface area contributed by atoms with E-state index >= 15 is 0 Å². The van der Waals surface area contributed by atoms with Gasteiger partial charge in [0.15, 0.2) is 11.9 Å². The third-order valence-corrected chi connectivity index (χ3v) is 7.41. The number of aliphatic hydroxyl groups excluding tert-OH is 1. The van der Waals surface area contributed by atoms with Gasteiger partial charge in [0.2, 0.25) is 0 Å². The first-order valence-corrected chi connectivity index (χ1v) is 14.7. The van der Waals surface area contributed by atoms with E-state index in [1.807, 2.05) is 74.5 Å². The molecular formula is C34H42N4O4. The number of ether oxygens (including phenoxy) is 1. The van der Waals surface area contributed by atoms with E-state index in [1.165, 1.54) is 11.9 Å². The zero-order valence-corrected chi connectivity index (χ0v) is 24.4. The van der Waals surface area contributed by atoms with Gasteiger partial charge in [0.1, 0.15) is 11.9 Å². The normalized spacial score (nSPS) is 14.3. The standard InChI is InChI=1S/C34H42N4O4/c1-23(2)19-29(33(40)32(39)28(35)20-26-21-36-22-37-26)38-34(41)31(17-9-6-13-24-11-4-3-5-12-24)42-30-18-10-15-25-14-7-8-16-27(25)30/h3-5,7-8,10-12,14-16,18,21-23,28-29,31-32,39H,6,9,13,17,19-20,35H2,1-2H3,(H,36,37)(H,38,41)/t28-,29-,31?,32?/m0/s1. The minimum Gasteiger partial charge on any atom is -0.480 e. The number of nitrogens with two attached hydrogens (primary N) is 1. The van der Waals surface area contributed by atoms with Crippen molar-refractivity contribution in [2.75, 3.05) is 0 Å². The maximum absolute atomic E-state index is 13.8. The van der Waals surface area contributed by atoms with Gasteiger partial charge in [-0.15, -0.1) is 0 Å². The fraction of sp³-hybridized carbons (Fsp3) is 0.382. The van der Waals surface area contributed by atoms with E-state index in [0.29, 0.717) is 18.6 Å². The Morgan fingerprint density at radius 1 is 1.00 bits per heavy atom. The zero-order valence-electron chi connectivity index (χ0n) is 24.4. The lowest BCUT2D eigenvalue weighted by Gasteiger charge is -2.27. The zero-order chi connectivity index (χ0) is 29.9. The summed E-state index contributed by atoms with van der Waals surface area (Å²) in [5.74, 6) is -0.170. The highest BCUT2D eigenvalue weighted by molar-refractivity contribution is 5.94. The number of imidazole rings is 1.